The first kappa shape index (κ1) is 10.5. The molecule has 2 rings (SSSR count). The molecule has 0 aromatic heterocycles. The standard InChI is InChI=1S/C13H18FN/c1-9-4-7-13(12(14)8-9)15-10(2)5-6-11(15)3/h4,7-8,10-11H,5-6H2,1-3H3. The maximum Gasteiger partial charge on any atom is 0.146 e. The minimum atomic E-state index is -0.0874. The highest BCUT2D eigenvalue weighted by Gasteiger charge is 2.28. The van der Waals surface area contributed by atoms with Crippen LogP contribution in [-0.2, 0) is 0 Å². The Morgan fingerprint density at radius 3 is 2.33 bits per heavy atom. The minimum absolute atomic E-state index is 0.0874. The molecule has 0 amide bonds. The van der Waals surface area contributed by atoms with Crippen LogP contribution in [0, 0.1) is 12.7 Å². The lowest BCUT2D eigenvalue weighted by Gasteiger charge is -2.29. The molecule has 0 saturated carbocycles. The van der Waals surface area contributed by atoms with Gasteiger partial charge in [-0.2, -0.15) is 0 Å². The van der Waals surface area contributed by atoms with Gasteiger partial charge in [0.25, 0.3) is 0 Å². The Morgan fingerprint density at radius 1 is 1.20 bits per heavy atom. The Hall–Kier alpha value is -1.05. The maximum absolute atomic E-state index is 13.8. The molecule has 1 nitrogen and oxygen atoms in total. The molecule has 15 heavy (non-hydrogen) atoms. The van der Waals surface area contributed by atoms with Crippen LogP contribution in [0.3, 0.4) is 0 Å². The largest absolute Gasteiger partial charge is 0.364 e. The van der Waals surface area contributed by atoms with E-state index >= 15 is 0 Å². The van der Waals surface area contributed by atoms with Crippen LogP contribution in [0.15, 0.2) is 18.2 Å². The average Bonchev–Trinajstić information content (AvgIpc) is 2.48. The molecule has 82 valence electrons. The number of anilines is 1. The second-order valence-corrected chi connectivity index (χ2v) is 4.64. The van der Waals surface area contributed by atoms with Gasteiger partial charge in [0.15, 0.2) is 0 Å². The number of hydrogen-bond donors (Lipinski definition) is 0. The SMILES string of the molecule is Cc1ccc(N2C(C)CCC2C)c(F)c1. The zero-order valence-corrected chi connectivity index (χ0v) is 9.63. The molecule has 0 bridgehead atoms. The molecule has 0 spiro atoms. The zero-order chi connectivity index (χ0) is 11.0. The lowest BCUT2D eigenvalue weighted by molar-refractivity contribution is 0.599. The third-order valence-corrected chi connectivity index (χ3v) is 3.33. The Bertz CT molecular complexity index is 352. The van der Waals surface area contributed by atoms with Crippen LogP contribution >= 0.6 is 0 Å². The minimum Gasteiger partial charge on any atom is -0.364 e. The molecule has 0 aliphatic carbocycles. The van der Waals surface area contributed by atoms with Crippen molar-refractivity contribution in [2.24, 2.45) is 0 Å². The summed E-state index contributed by atoms with van der Waals surface area (Å²) >= 11 is 0. The van der Waals surface area contributed by atoms with Crippen molar-refractivity contribution in [1.29, 1.82) is 0 Å². The molecular weight excluding hydrogens is 189 g/mol. The van der Waals surface area contributed by atoms with Gasteiger partial charge in [-0.15, -0.1) is 0 Å². The fourth-order valence-corrected chi connectivity index (χ4v) is 2.49. The molecule has 2 atom stereocenters. The molecule has 1 aliphatic rings. The molecule has 0 radical (unpaired) electrons. The van der Waals surface area contributed by atoms with Crippen molar-refractivity contribution in [3.63, 3.8) is 0 Å². The molecule has 1 heterocycles. The van der Waals surface area contributed by atoms with Gasteiger partial charge in [0.1, 0.15) is 5.82 Å². The number of hydrogen-bond acceptors (Lipinski definition) is 1. The highest BCUT2D eigenvalue weighted by atomic mass is 19.1. The van der Waals surface area contributed by atoms with Gasteiger partial charge in [-0.1, -0.05) is 6.07 Å². The number of nitrogens with zero attached hydrogens (tertiary/aromatic N) is 1. The zero-order valence-electron chi connectivity index (χ0n) is 9.63. The predicted octanol–water partition coefficient (Wildman–Crippen LogP) is 3.51. The number of aryl methyl sites for hydroxylation is 1. The lowest BCUT2D eigenvalue weighted by Crippen LogP contribution is -2.33. The molecular formula is C13H18FN. The summed E-state index contributed by atoms with van der Waals surface area (Å²) in [5.74, 6) is -0.0874. The molecule has 1 aromatic carbocycles. The monoisotopic (exact) mass is 207 g/mol. The second-order valence-electron chi connectivity index (χ2n) is 4.64. The molecule has 2 unspecified atom stereocenters. The van der Waals surface area contributed by atoms with Gasteiger partial charge >= 0.3 is 0 Å². The van der Waals surface area contributed by atoms with Crippen molar-refractivity contribution in [1.82, 2.24) is 0 Å². The summed E-state index contributed by atoms with van der Waals surface area (Å²) < 4.78 is 13.8. The maximum atomic E-state index is 13.8. The van der Waals surface area contributed by atoms with Crippen LogP contribution < -0.4 is 4.90 Å². The van der Waals surface area contributed by atoms with E-state index in [0.29, 0.717) is 12.1 Å². The van der Waals surface area contributed by atoms with Crippen LogP contribution in [0.5, 0.6) is 0 Å². The van der Waals surface area contributed by atoms with Gasteiger partial charge in [-0.25, -0.2) is 4.39 Å². The smallest absolute Gasteiger partial charge is 0.146 e. The van der Waals surface area contributed by atoms with Crippen LogP contribution in [0.4, 0.5) is 10.1 Å². The fraction of sp³-hybridized carbons (Fsp3) is 0.538. The summed E-state index contributed by atoms with van der Waals surface area (Å²) in [6.45, 7) is 6.26. The quantitative estimate of drug-likeness (QED) is 0.681. The Balaban J connectivity index is 2.36. The van der Waals surface area contributed by atoms with Gasteiger partial charge in [0, 0.05) is 12.1 Å². The highest BCUT2D eigenvalue weighted by molar-refractivity contribution is 5.51. The predicted molar refractivity (Wildman–Crippen MR) is 61.8 cm³/mol. The first-order chi connectivity index (χ1) is 7.09. The van der Waals surface area contributed by atoms with Gasteiger partial charge in [-0.05, 0) is 51.3 Å². The summed E-state index contributed by atoms with van der Waals surface area (Å²) in [5, 5.41) is 0. The van der Waals surface area contributed by atoms with E-state index in [1.807, 2.05) is 19.1 Å². The van der Waals surface area contributed by atoms with Crippen molar-refractivity contribution in [3.05, 3.63) is 29.6 Å². The van der Waals surface area contributed by atoms with Gasteiger partial charge in [-0.3, -0.25) is 0 Å². The van der Waals surface area contributed by atoms with E-state index in [1.54, 1.807) is 6.07 Å². The Kier molecular flexibility index (Phi) is 2.68. The average molecular weight is 207 g/mol. The van der Waals surface area contributed by atoms with Gasteiger partial charge < -0.3 is 4.90 Å². The van der Waals surface area contributed by atoms with Crippen LogP contribution in [-0.4, -0.2) is 12.1 Å². The van der Waals surface area contributed by atoms with E-state index in [2.05, 4.69) is 18.7 Å². The van der Waals surface area contributed by atoms with Crippen LogP contribution in [0.1, 0.15) is 32.3 Å². The summed E-state index contributed by atoms with van der Waals surface area (Å²) in [4.78, 5) is 2.20. The molecule has 1 saturated heterocycles. The highest BCUT2D eigenvalue weighted by Crippen LogP contribution is 2.32. The fourth-order valence-electron chi connectivity index (χ4n) is 2.49. The normalized spacial score (nSPS) is 26.0. The van der Waals surface area contributed by atoms with Gasteiger partial charge in [0.2, 0.25) is 0 Å². The van der Waals surface area contributed by atoms with E-state index in [4.69, 9.17) is 0 Å². The van der Waals surface area contributed by atoms with Crippen LogP contribution in [0.25, 0.3) is 0 Å². The van der Waals surface area contributed by atoms with Crippen molar-refractivity contribution >= 4 is 5.69 Å². The molecule has 0 N–H and O–H groups in total. The molecule has 1 aromatic rings. The summed E-state index contributed by atoms with van der Waals surface area (Å²) in [5.41, 5.74) is 1.74. The van der Waals surface area contributed by atoms with Crippen molar-refractivity contribution in [2.75, 3.05) is 4.90 Å². The van der Waals surface area contributed by atoms with E-state index in [0.717, 1.165) is 24.1 Å². The van der Waals surface area contributed by atoms with Crippen molar-refractivity contribution < 1.29 is 4.39 Å². The molecule has 1 aliphatic heterocycles. The lowest BCUT2D eigenvalue weighted by atomic mass is 10.2. The topological polar surface area (TPSA) is 3.24 Å². The summed E-state index contributed by atoms with van der Waals surface area (Å²) in [6.07, 6.45) is 2.32. The number of halogens is 1. The Morgan fingerprint density at radius 2 is 1.80 bits per heavy atom. The van der Waals surface area contributed by atoms with E-state index < -0.39 is 0 Å². The van der Waals surface area contributed by atoms with E-state index in [9.17, 15) is 4.39 Å². The first-order valence-electron chi connectivity index (χ1n) is 5.64. The summed E-state index contributed by atoms with van der Waals surface area (Å²) in [6, 6.07) is 6.42. The molecule has 1 fully saturated rings. The van der Waals surface area contributed by atoms with E-state index in [-0.39, 0.29) is 5.82 Å². The number of benzene rings is 1. The van der Waals surface area contributed by atoms with Gasteiger partial charge in [0.05, 0.1) is 5.69 Å². The summed E-state index contributed by atoms with van der Waals surface area (Å²) in [7, 11) is 0. The van der Waals surface area contributed by atoms with Crippen molar-refractivity contribution in [2.45, 2.75) is 45.7 Å². The Labute approximate surface area is 90.9 Å². The molecule has 2 heteroatoms. The second kappa shape index (κ2) is 3.84. The third-order valence-electron chi connectivity index (χ3n) is 3.33. The number of rotatable bonds is 1. The van der Waals surface area contributed by atoms with E-state index in [1.165, 1.54) is 0 Å². The first-order valence-corrected chi connectivity index (χ1v) is 5.64. The van der Waals surface area contributed by atoms with Crippen LogP contribution in [0.2, 0.25) is 0 Å². The third kappa shape index (κ3) is 1.85. The van der Waals surface area contributed by atoms with Crippen molar-refractivity contribution in [3.8, 4) is 0 Å².